The Labute approximate surface area is 113 Å². The van der Waals surface area contributed by atoms with Gasteiger partial charge in [0, 0.05) is 21.7 Å². The van der Waals surface area contributed by atoms with Gasteiger partial charge in [-0.1, -0.05) is 36.2 Å². The maximum absolute atomic E-state index is 5.62. The van der Waals surface area contributed by atoms with Gasteiger partial charge in [0.25, 0.3) is 0 Å². The molecule has 0 fully saturated rings. The predicted octanol–water partition coefficient (Wildman–Crippen LogP) is 3.41. The number of hydrogen-bond acceptors (Lipinski definition) is 2. The maximum Gasteiger partial charge on any atom is 0.0314 e. The highest BCUT2D eigenvalue weighted by Crippen LogP contribution is 2.06. The van der Waals surface area contributed by atoms with Gasteiger partial charge in [-0.25, -0.2) is 0 Å². The van der Waals surface area contributed by atoms with Crippen LogP contribution in [0.25, 0.3) is 0 Å². The van der Waals surface area contributed by atoms with Crippen LogP contribution in [0.15, 0.2) is 48.5 Å². The van der Waals surface area contributed by atoms with Gasteiger partial charge in [-0.3, -0.25) is 0 Å². The minimum absolute atomic E-state index is 0.751. The number of benzene rings is 2. The van der Waals surface area contributed by atoms with Gasteiger partial charge in [-0.05, 0) is 48.9 Å². The lowest BCUT2D eigenvalue weighted by atomic mass is 10.1. The van der Waals surface area contributed by atoms with Crippen LogP contribution in [-0.4, -0.2) is 4.86 Å². The van der Waals surface area contributed by atoms with Gasteiger partial charge < -0.3 is 5.73 Å². The lowest BCUT2D eigenvalue weighted by Crippen LogP contribution is -1.89. The number of anilines is 1. The zero-order valence-electron chi connectivity index (χ0n) is 10.1. The molecule has 0 unspecified atom stereocenters. The van der Waals surface area contributed by atoms with Gasteiger partial charge in [0.05, 0.1) is 0 Å². The fourth-order valence-electron chi connectivity index (χ4n) is 1.50. The summed E-state index contributed by atoms with van der Waals surface area (Å²) >= 11 is 5.11. The summed E-state index contributed by atoms with van der Waals surface area (Å²) in [4.78, 5) is 0.896. The van der Waals surface area contributed by atoms with E-state index in [0.29, 0.717) is 0 Å². The minimum atomic E-state index is 0.751. The van der Waals surface area contributed by atoms with E-state index < -0.39 is 0 Å². The number of nitrogen functional groups attached to an aromatic ring is 1. The molecule has 0 aliphatic carbocycles. The molecule has 0 heterocycles. The Morgan fingerprint density at radius 1 is 0.889 bits per heavy atom. The highest BCUT2D eigenvalue weighted by atomic mass is 32.1. The summed E-state index contributed by atoms with van der Waals surface area (Å²) in [5.74, 6) is 6.21. The summed E-state index contributed by atoms with van der Waals surface area (Å²) in [5, 5.41) is 0. The highest BCUT2D eigenvalue weighted by Gasteiger charge is 1.93. The van der Waals surface area contributed by atoms with E-state index in [9.17, 15) is 0 Å². The summed E-state index contributed by atoms with van der Waals surface area (Å²) in [5.41, 5.74) is 9.38. The first-order chi connectivity index (χ1) is 8.65. The number of nitrogens with two attached hydrogens (primary N) is 1. The molecule has 18 heavy (non-hydrogen) atoms. The number of hydrogen-bond donors (Lipinski definition) is 1. The van der Waals surface area contributed by atoms with Crippen molar-refractivity contribution in [3.05, 3.63) is 65.2 Å². The smallest absolute Gasteiger partial charge is 0.0314 e. The van der Waals surface area contributed by atoms with Crippen LogP contribution in [0.2, 0.25) is 0 Å². The van der Waals surface area contributed by atoms with Crippen molar-refractivity contribution < 1.29 is 0 Å². The van der Waals surface area contributed by atoms with Crippen LogP contribution in [0, 0.1) is 11.8 Å². The van der Waals surface area contributed by atoms with E-state index in [4.69, 9.17) is 18.0 Å². The van der Waals surface area contributed by atoms with E-state index in [0.717, 1.165) is 27.2 Å². The summed E-state index contributed by atoms with van der Waals surface area (Å²) in [7, 11) is 0. The zero-order chi connectivity index (χ0) is 13.0. The molecule has 1 nitrogen and oxygen atoms in total. The molecule has 0 aliphatic rings. The van der Waals surface area contributed by atoms with E-state index in [-0.39, 0.29) is 0 Å². The minimum Gasteiger partial charge on any atom is -0.399 e. The lowest BCUT2D eigenvalue weighted by molar-refractivity contribution is 1.60. The quantitative estimate of drug-likeness (QED) is 0.364. The van der Waals surface area contributed by atoms with Gasteiger partial charge in [-0.15, -0.1) is 0 Å². The fourth-order valence-corrected chi connectivity index (χ4v) is 1.64. The van der Waals surface area contributed by atoms with Crippen molar-refractivity contribution in [1.82, 2.24) is 0 Å². The molecule has 2 heteroatoms. The first kappa shape index (κ1) is 12.3. The molecule has 0 aliphatic heterocycles. The Morgan fingerprint density at radius 3 is 1.78 bits per heavy atom. The highest BCUT2D eigenvalue weighted by molar-refractivity contribution is 7.80. The van der Waals surface area contributed by atoms with E-state index in [2.05, 4.69) is 11.8 Å². The molecule has 0 amide bonds. The molecule has 0 atom stereocenters. The van der Waals surface area contributed by atoms with Crippen molar-refractivity contribution in [1.29, 1.82) is 0 Å². The summed E-state index contributed by atoms with van der Waals surface area (Å²) in [6, 6.07) is 15.5. The SMILES string of the molecule is CC(=S)c1ccc(C#Cc2ccc(N)cc2)cc1. The van der Waals surface area contributed by atoms with Crippen molar-refractivity contribution in [2.24, 2.45) is 0 Å². The van der Waals surface area contributed by atoms with E-state index in [1.54, 1.807) is 0 Å². The monoisotopic (exact) mass is 251 g/mol. The molecule has 2 aromatic carbocycles. The second-order valence-corrected chi connectivity index (χ2v) is 4.62. The summed E-state index contributed by atoms with van der Waals surface area (Å²) in [6.45, 7) is 1.92. The van der Waals surface area contributed by atoms with Gasteiger partial charge in [0.2, 0.25) is 0 Å². The Bertz CT molecular complexity index is 613. The number of rotatable bonds is 1. The third-order valence-electron chi connectivity index (χ3n) is 2.55. The van der Waals surface area contributed by atoms with Crippen LogP contribution >= 0.6 is 12.2 Å². The van der Waals surface area contributed by atoms with Gasteiger partial charge in [0.1, 0.15) is 0 Å². The molecule has 0 saturated heterocycles. The van der Waals surface area contributed by atoms with Crippen LogP contribution in [0.1, 0.15) is 23.6 Å². The van der Waals surface area contributed by atoms with Crippen molar-refractivity contribution in [3.8, 4) is 11.8 Å². The molecule has 0 radical (unpaired) electrons. The second-order valence-electron chi connectivity index (χ2n) is 4.01. The van der Waals surface area contributed by atoms with Crippen molar-refractivity contribution in [3.63, 3.8) is 0 Å². The Morgan fingerprint density at radius 2 is 1.33 bits per heavy atom. The van der Waals surface area contributed by atoms with Gasteiger partial charge in [0.15, 0.2) is 0 Å². The second kappa shape index (κ2) is 5.48. The molecule has 88 valence electrons. The molecule has 2 N–H and O–H groups in total. The molecule has 2 rings (SSSR count). The Kier molecular flexibility index (Phi) is 3.76. The molecule has 0 saturated carbocycles. The van der Waals surface area contributed by atoms with Crippen molar-refractivity contribution in [2.75, 3.05) is 5.73 Å². The molecule has 0 aromatic heterocycles. The summed E-state index contributed by atoms with van der Waals surface area (Å²) < 4.78 is 0. The van der Waals surface area contributed by atoms with E-state index in [1.165, 1.54) is 0 Å². The first-order valence-electron chi connectivity index (χ1n) is 5.64. The van der Waals surface area contributed by atoms with Crippen molar-refractivity contribution >= 4 is 22.8 Å². The van der Waals surface area contributed by atoms with Crippen LogP contribution in [0.5, 0.6) is 0 Å². The molecular weight excluding hydrogens is 238 g/mol. The number of thiocarbonyl (C=S) groups is 1. The molecular formula is C16H13NS. The standard InChI is InChI=1S/C16H13NS/c1-12(18)15-8-4-13(5-9-15)2-3-14-6-10-16(17)11-7-14/h4-11H,17H2,1H3. The molecule has 2 aromatic rings. The average molecular weight is 251 g/mol. The average Bonchev–Trinajstić information content (AvgIpc) is 2.38. The van der Waals surface area contributed by atoms with E-state index in [1.807, 2.05) is 55.5 Å². The Balaban J connectivity index is 2.19. The van der Waals surface area contributed by atoms with Crippen LogP contribution in [0.4, 0.5) is 5.69 Å². The van der Waals surface area contributed by atoms with Crippen LogP contribution in [0.3, 0.4) is 0 Å². The third kappa shape index (κ3) is 3.19. The predicted molar refractivity (Wildman–Crippen MR) is 80.7 cm³/mol. The Hall–Kier alpha value is -2.11. The fraction of sp³-hybridized carbons (Fsp3) is 0.0625. The lowest BCUT2D eigenvalue weighted by Gasteiger charge is -1.97. The van der Waals surface area contributed by atoms with Gasteiger partial charge in [-0.2, -0.15) is 0 Å². The maximum atomic E-state index is 5.62. The topological polar surface area (TPSA) is 26.0 Å². The van der Waals surface area contributed by atoms with Gasteiger partial charge >= 0.3 is 0 Å². The largest absolute Gasteiger partial charge is 0.399 e. The normalized spacial score (nSPS) is 9.39. The molecule has 0 bridgehead atoms. The van der Waals surface area contributed by atoms with Crippen LogP contribution in [-0.2, 0) is 0 Å². The van der Waals surface area contributed by atoms with Crippen LogP contribution < -0.4 is 5.73 Å². The first-order valence-corrected chi connectivity index (χ1v) is 6.04. The summed E-state index contributed by atoms with van der Waals surface area (Å²) in [6.07, 6.45) is 0. The third-order valence-corrected chi connectivity index (χ3v) is 2.79. The molecule has 0 spiro atoms. The van der Waals surface area contributed by atoms with E-state index >= 15 is 0 Å². The van der Waals surface area contributed by atoms with Crippen molar-refractivity contribution in [2.45, 2.75) is 6.92 Å². The zero-order valence-corrected chi connectivity index (χ0v) is 10.9.